The van der Waals surface area contributed by atoms with Crippen LogP contribution in [-0.4, -0.2) is 38.7 Å². The van der Waals surface area contributed by atoms with E-state index in [-0.39, 0.29) is 24.5 Å². The van der Waals surface area contributed by atoms with E-state index in [1.54, 1.807) is 72.8 Å². The van der Waals surface area contributed by atoms with E-state index in [4.69, 9.17) is 16.0 Å². The zero-order valence-electron chi connectivity index (χ0n) is 31.9. The number of carbonyl (C=O) groups excluding carboxylic acids is 4. The molecule has 0 radical (unpaired) electrons. The van der Waals surface area contributed by atoms with Gasteiger partial charge in [0.15, 0.2) is 5.58 Å². The highest BCUT2D eigenvalue weighted by molar-refractivity contribution is 6.30. The Morgan fingerprint density at radius 1 is 0.883 bits per heavy atom. The van der Waals surface area contributed by atoms with Gasteiger partial charge in [-0.05, 0) is 109 Å². The van der Waals surface area contributed by atoms with Crippen molar-refractivity contribution in [2.24, 2.45) is 23.7 Å². The van der Waals surface area contributed by atoms with Gasteiger partial charge in [0.2, 0.25) is 17.7 Å². The Bertz CT molecular complexity index is 2770. The second kappa shape index (κ2) is 14.2. The zero-order valence-corrected chi connectivity index (χ0v) is 32.7. The summed E-state index contributed by atoms with van der Waals surface area (Å²) in [6.07, 6.45) is 4.18. The van der Waals surface area contributed by atoms with E-state index in [0.717, 1.165) is 5.01 Å². The van der Waals surface area contributed by atoms with E-state index < -0.39 is 58.5 Å². The number of imide groups is 2. The van der Waals surface area contributed by atoms with Crippen molar-refractivity contribution in [3.8, 4) is 17.2 Å². The fourth-order valence-corrected chi connectivity index (χ4v) is 10.3. The highest BCUT2D eigenvalue weighted by Crippen LogP contribution is 2.65. The predicted molar refractivity (Wildman–Crippen MR) is 223 cm³/mol. The van der Waals surface area contributed by atoms with Gasteiger partial charge in [-0.25, -0.2) is 9.37 Å². The summed E-state index contributed by atoms with van der Waals surface area (Å²) in [4.78, 5) is 65.4. The maximum atomic E-state index is 15.4. The molecule has 3 fully saturated rings. The number of aromatic hydroxyl groups is 1. The first-order valence-corrected chi connectivity index (χ1v) is 20.1. The number of nitrogens with one attached hydrogen (secondary N) is 1. The largest absolute Gasteiger partial charge is 0.507 e. The predicted octanol–water partition coefficient (Wildman–Crippen LogP) is 8.91. The number of allylic oxidation sites excluding steroid dienone is 3. The summed E-state index contributed by atoms with van der Waals surface area (Å²) < 4.78 is 19.9. The summed E-state index contributed by atoms with van der Waals surface area (Å²) in [5, 5.41) is 13.5. The van der Waals surface area contributed by atoms with Crippen molar-refractivity contribution in [1.82, 2.24) is 9.99 Å². The smallest absolute Gasteiger partial charge is 0.260 e. The third-order valence-corrected chi connectivity index (χ3v) is 13.0. The second-order valence-corrected chi connectivity index (χ2v) is 16.2. The first-order chi connectivity index (χ1) is 29.1. The fourth-order valence-electron chi connectivity index (χ4n) is 10.2. The van der Waals surface area contributed by atoms with Gasteiger partial charge >= 0.3 is 0 Å². The number of rotatable bonds is 8. The van der Waals surface area contributed by atoms with E-state index in [2.05, 4.69) is 17.0 Å². The SMILES string of the molecule is C=CCc1cccc(C2C3=CCC4C(=O)N(c5ccc(-c6nc7ccccc7o6)cc5)C(=O)C4C3CC3C(=O)N(Nc4ccc(F)cc4)C(=O)C32c2ccc(Cl)cc2)c1O. The number of para-hydroxylation sites is 3. The molecule has 0 spiro atoms. The van der Waals surface area contributed by atoms with Crippen LogP contribution in [0, 0.1) is 29.5 Å². The van der Waals surface area contributed by atoms with Crippen molar-refractivity contribution in [2.75, 3.05) is 10.3 Å². The molecule has 6 aromatic rings. The number of anilines is 2. The summed E-state index contributed by atoms with van der Waals surface area (Å²) in [5.41, 5.74) is 6.17. The van der Waals surface area contributed by atoms with Crippen molar-refractivity contribution in [3.05, 3.63) is 167 Å². The Hall–Kier alpha value is -6.85. The first kappa shape index (κ1) is 37.4. The molecule has 6 atom stereocenters. The highest BCUT2D eigenvalue weighted by Gasteiger charge is 2.70. The molecule has 2 aliphatic carbocycles. The number of hydrogen-bond acceptors (Lipinski definition) is 8. The Morgan fingerprint density at radius 2 is 1.63 bits per heavy atom. The number of amides is 4. The van der Waals surface area contributed by atoms with Crippen molar-refractivity contribution in [2.45, 2.75) is 30.6 Å². The number of aromatic nitrogens is 1. The Morgan fingerprint density at radius 3 is 2.37 bits per heavy atom. The molecular weight excluding hydrogens is 783 g/mol. The van der Waals surface area contributed by atoms with E-state index in [1.165, 1.54) is 29.2 Å². The minimum Gasteiger partial charge on any atom is -0.507 e. The van der Waals surface area contributed by atoms with Crippen LogP contribution in [0.2, 0.25) is 5.02 Å². The van der Waals surface area contributed by atoms with Gasteiger partial charge in [0.05, 0.1) is 34.5 Å². The van der Waals surface area contributed by atoms with Crippen molar-refractivity contribution >= 4 is 57.7 Å². The van der Waals surface area contributed by atoms with Crippen molar-refractivity contribution < 1.29 is 33.1 Å². The number of halogens is 2. The molecule has 6 unspecified atom stereocenters. The summed E-state index contributed by atoms with van der Waals surface area (Å²) in [5.74, 6) is -6.33. The Labute approximate surface area is 348 Å². The van der Waals surface area contributed by atoms with Gasteiger partial charge in [0, 0.05) is 22.1 Å². The molecule has 10 nitrogen and oxygen atoms in total. The lowest BCUT2D eigenvalue weighted by Gasteiger charge is -2.50. The molecule has 1 saturated carbocycles. The van der Waals surface area contributed by atoms with Crippen LogP contribution >= 0.6 is 11.6 Å². The fraction of sp³-hybridized carbons (Fsp3) is 0.188. The van der Waals surface area contributed by atoms with Gasteiger partial charge in [-0.2, -0.15) is 5.01 Å². The summed E-state index contributed by atoms with van der Waals surface area (Å²) >= 11 is 6.41. The molecule has 5 aromatic carbocycles. The Kier molecular flexibility index (Phi) is 8.83. The summed E-state index contributed by atoms with van der Waals surface area (Å²) in [7, 11) is 0. The van der Waals surface area contributed by atoms with Gasteiger partial charge in [0.1, 0.15) is 17.1 Å². The average molecular weight is 819 g/mol. The van der Waals surface area contributed by atoms with Gasteiger partial charge in [-0.1, -0.05) is 71.8 Å². The third kappa shape index (κ3) is 5.56. The van der Waals surface area contributed by atoms with Crippen LogP contribution < -0.4 is 10.3 Å². The van der Waals surface area contributed by atoms with E-state index >= 15 is 4.79 Å². The van der Waals surface area contributed by atoms with Gasteiger partial charge in [-0.15, -0.1) is 6.58 Å². The standard InChI is InChI=1S/C48H36ClFN4O6/c1-2-6-26-7-5-8-35(42(26)55)41-33-23-24-34-40(46(58)53(44(34)56)32-21-11-27(12-22-32)43-51-38-9-3-4-10-39(38)60-43)36(33)25-37-45(57)54(52-31-19-17-30(50)18-20-31)47(59)48(37,41)28-13-15-29(49)16-14-28/h2-5,7-23,34,36-37,40-41,52,55H,1,6,24-25H2. The quantitative estimate of drug-likeness (QED) is 0.115. The number of carbonyl (C=O) groups is 4. The van der Waals surface area contributed by atoms with Crippen LogP contribution in [0.15, 0.2) is 144 Å². The molecule has 60 heavy (non-hydrogen) atoms. The lowest BCUT2D eigenvalue weighted by Crippen LogP contribution is -2.53. The number of oxazole rings is 1. The number of benzene rings is 5. The topological polar surface area (TPSA) is 133 Å². The number of hydrogen-bond donors (Lipinski definition) is 2. The van der Waals surface area contributed by atoms with Crippen LogP contribution in [0.4, 0.5) is 15.8 Å². The molecule has 2 aliphatic heterocycles. The maximum Gasteiger partial charge on any atom is 0.260 e. The van der Waals surface area contributed by atoms with Crippen molar-refractivity contribution in [1.29, 1.82) is 0 Å². The third-order valence-electron chi connectivity index (χ3n) is 12.7. The molecule has 2 N–H and O–H groups in total. The second-order valence-electron chi connectivity index (χ2n) is 15.8. The molecule has 298 valence electrons. The van der Waals surface area contributed by atoms with Gasteiger partial charge < -0.3 is 9.52 Å². The lowest BCUT2D eigenvalue weighted by atomic mass is 9.49. The van der Waals surface area contributed by atoms with E-state index in [1.807, 2.05) is 30.3 Å². The number of hydrazine groups is 1. The summed E-state index contributed by atoms with van der Waals surface area (Å²) in [6, 6.07) is 31.7. The molecule has 4 aliphatic rings. The molecule has 10 rings (SSSR count). The van der Waals surface area contributed by atoms with Gasteiger partial charge in [-0.3, -0.25) is 29.5 Å². The number of phenols is 1. The molecular formula is C48H36ClFN4O6. The Balaban J connectivity index is 1.10. The monoisotopic (exact) mass is 818 g/mol. The zero-order chi connectivity index (χ0) is 41.4. The van der Waals surface area contributed by atoms with Crippen LogP contribution in [0.25, 0.3) is 22.6 Å². The first-order valence-electron chi connectivity index (χ1n) is 19.7. The van der Waals surface area contributed by atoms with E-state index in [9.17, 15) is 23.9 Å². The van der Waals surface area contributed by atoms with Crippen LogP contribution in [-0.2, 0) is 31.0 Å². The molecule has 1 aromatic heterocycles. The molecule has 4 amide bonds. The van der Waals surface area contributed by atoms with Crippen molar-refractivity contribution in [3.63, 3.8) is 0 Å². The molecule has 12 heteroatoms. The van der Waals surface area contributed by atoms with E-state index in [0.29, 0.717) is 67.6 Å². The van der Waals surface area contributed by atoms with Crippen LogP contribution in [0.3, 0.4) is 0 Å². The average Bonchev–Trinajstić information content (AvgIpc) is 3.87. The maximum absolute atomic E-state index is 15.4. The normalized spacial score (nSPS) is 24.6. The molecule has 2 saturated heterocycles. The number of fused-ring (bicyclic) bond motifs is 5. The summed E-state index contributed by atoms with van der Waals surface area (Å²) in [6.45, 7) is 3.86. The molecule has 3 heterocycles. The number of nitrogens with zero attached hydrogens (tertiary/aromatic N) is 3. The lowest BCUT2D eigenvalue weighted by molar-refractivity contribution is -0.138. The minimum atomic E-state index is -1.64. The molecule has 0 bridgehead atoms. The van der Waals surface area contributed by atoms with Crippen LogP contribution in [0.5, 0.6) is 5.75 Å². The van der Waals surface area contributed by atoms with Crippen LogP contribution in [0.1, 0.15) is 35.4 Å². The minimum absolute atomic E-state index is 0.0505. The number of phenolic OH excluding ortho intramolecular Hbond substituents is 1. The highest BCUT2D eigenvalue weighted by atomic mass is 35.5. The van der Waals surface area contributed by atoms with Gasteiger partial charge in [0.25, 0.3) is 11.8 Å².